The molecule has 0 aliphatic carbocycles. The van der Waals surface area contributed by atoms with Gasteiger partial charge in [0.1, 0.15) is 16.8 Å². The molecule has 2 heterocycles. The molecule has 1 aliphatic heterocycles. The number of aromatic nitrogens is 2. The quantitative estimate of drug-likeness (QED) is 0.788. The fourth-order valence-corrected chi connectivity index (χ4v) is 2.56. The normalized spacial score (nSPS) is 23.3. The maximum absolute atomic E-state index is 6.06. The summed E-state index contributed by atoms with van der Waals surface area (Å²) in [6.07, 6.45) is 3.14. The minimum Gasteiger partial charge on any atom is -0.376 e. The number of aryl methyl sites for hydroxylation is 1. The van der Waals surface area contributed by atoms with Gasteiger partial charge < -0.3 is 9.64 Å². The van der Waals surface area contributed by atoms with Crippen LogP contribution >= 0.6 is 11.6 Å². The second-order valence-electron chi connectivity index (χ2n) is 4.76. The predicted molar refractivity (Wildman–Crippen MR) is 73.3 cm³/mol. The molecule has 1 fully saturated rings. The monoisotopic (exact) mass is 269 g/mol. The van der Waals surface area contributed by atoms with Crippen LogP contribution in [-0.4, -0.2) is 35.8 Å². The summed E-state index contributed by atoms with van der Waals surface area (Å²) in [5.74, 6) is 1.71. The highest BCUT2D eigenvalue weighted by atomic mass is 35.5. The Kier molecular flexibility index (Phi) is 4.40. The Morgan fingerprint density at radius 1 is 1.50 bits per heavy atom. The van der Waals surface area contributed by atoms with Crippen LogP contribution in [0.1, 0.15) is 32.5 Å². The number of halogens is 1. The fraction of sp³-hybridized carbons (Fsp3) is 0.692. The molecule has 0 aromatic carbocycles. The van der Waals surface area contributed by atoms with E-state index < -0.39 is 0 Å². The van der Waals surface area contributed by atoms with Gasteiger partial charge in [-0.25, -0.2) is 9.97 Å². The molecule has 1 saturated heterocycles. The Hall–Kier alpha value is -0.870. The van der Waals surface area contributed by atoms with Crippen LogP contribution in [0.4, 0.5) is 5.82 Å². The average molecular weight is 270 g/mol. The van der Waals surface area contributed by atoms with Crippen molar-refractivity contribution in [2.75, 3.05) is 18.6 Å². The van der Waals surface area contributed by atoms with Gasteiger partial charge in [-0.15, -0.1) is 0 Å². The Bertz CT molecular complexity index is 413. The zero-order valence-electron chi connectivity index (χ0n) is 11.2. The van der Waals surface area contributed by atoms with Crippen molar-refractivity contribution in [1.29, 1.82) is 0 Å². The van der Waals surface area contributed by atoms with E-state index in [-0.39, 0.29) is 6.10 Å². The molecule has 0 saturated carbocycles. The van der Waals surface area contributed by atoms with E-state index in [1.807, 2.05) is 13.1 Å². The first-order valence-electron chi connectivity index (χ1n) is 6.49. The molecular weight excluding hydrogens is 250 g/mol. The first-order chi connectivity index (χ1) is 8.61. The smallest absolute Gasteiger partial charge is 0.134 e. The first kappa shape index (κ1) is 13.6. The lowest BCUT2D eigenvalue weighted by Gasteiger charge is -2.28. The van der Waals surface area contributed by atoms with Crippen molar-refractivity contribution in [1.82, 2.24) is 9.97 Å². The molecule has 100 valence electrons. The summed E-state index contributed by atoms with van der Waals surface area (Å²) in [5.41, 5.74) is 0. The van der Waals surface area contributed by atoms with E-state index in [0.29, 0.717) is 11.2 Å². The third-order valence-corrected chi connectivity index (χ3v) is 3.59. The molecule has 0 amide bonds. The van der Waals surface area contributed by atoms with Crippen molar-refractivity contribution < 1.29 is 4.74 Å². The van der Waals surface area contributed by atoms with E-state index in [2.05, 4.69) is 28.7 Å². The van der Waals surface area contributed by atoms with Crippen LogP contribution < -0.4 is 4.90 Å². The molecule has 1 aliphatic rings. The summed E-state index contributed by atoms with van der Waals surface area (Å²) < 4.78 is 5.60. The molecular formula is C13H20ClN3O. The van der Waals surface area contributed by atoms with Crippen molar-refractivity contribution in [2.24, 2.45) is 0 Å². The van der Waals surface area contributed by atoms with Crippen LogP contribution in [0.5, 0.6) is 0 Å². The second-order valence-corrected chi connectivity index (χ2v) is 5.15. The van der Waals surface area contributed by atoms with Crippen LogP contribution in [-0.2, 0) is 11.2 Å². The van der Waals surface area contributed by atoms with E-state index >= 15 is 0 Å². The standard InChI is InChI=1S/C13H20ClN3O/c1-4-5-12-15-11(14)8-13(16-12)17(3)10-6-7-18-9(10)2/h8-10H,4-7H2,1-3H3. The molecule has 2 rings (SSSR count). The molecule has 1 aromatic heterocycles. The number of hydrogen-bond acceptors (Lipinski definition) is 4. The fourth-order valence-electron chi connectivity index (χ4n) is 2.37. The maximum Gasteiger partial charge on any atom is 0.134 e. The summed E-state index contributed by atoms with van der Waals surface area (Å²) in [7, 11) is 2.05. The Labute approximate surface area is 113 Å². The van der Waals surface area contributed by atoms with Crippen LogP contribution in [0.2, 0.25) is 5.15 Å². The van der Waals surface area contributed by atoms with Crippen molar-refractivity contribution in [3.63, 3.8) is 0 Å². The summed E-state index contributed by atoms with van der Waals surface area (Å²) in [6, 6.07) is 2.19. The van der Waals surface area contributed by atoms with Crippen LogP contribution in [0.3, 0.4) is 0 Å². The molecule has 2 atom stereocenters. The van der Waals surface area contributed by atoms with Gasteiger partial charge in [-0.05, 0) is 19.8 Å². The second kappa shape index (κ2) is 5.85. The molecule has 2 unspecified atom stereocenters. The van der Waals surface area contributed by atoms with Crippen LogP contribution in [0, 0.1) is 0 Å². The van der Waals surface area contributed by atoms with Crippen molar-refractivity contribution in [3.05, 3.63) is 17.0 Å². The van der Waals surface area contributed by atoms with E-state index in [1.165, 1.54) is 0 Å². The van der Waals surface area contributed by atoms with Gasteiger partial charge >= 0.3 is 0 Å². The average Bonchev–Trinajstić information content (AvgIpc) is 2.74. The molecule has 4 nitrogen and oxygen atoms in total. The Balaban J connectivity index is 2.21. The van der Waals surface area contributed by atoms with Crippen molar-refractivity contribution in [2.45, 2.75) is 45.3 Å². The minimum absolute atomic E-state index is 0.235. The third-order valence-electron chi connectivity index (χ3n) is 3.40. The highest BCUT2D eigenvalue weighted by molar-refractivity contribution is 6.29. The number of likely N-dealkylation sites (N-methyl/N-ethyl adjacent to an activating group) is 1. The van der Waals surface area contributed by atoms with Gasteiger partial charge in [0.15, 0.2) is 0 Å². The Morgan fingerprint density at radius 3 is 2.89 bits per heavy atom. The van der Waals surface area contributed by atoms with E-state index in [0.717, 1.165) is 37.5 Å². The number of anilines is 1. The lowest BCUT2D eigenvalue weighted by molar-refractivity contribution is 0.118. The van der Waals surface area contributed by atoms with Gasteiger partial charge in [0.25, 0.3) is 0 Å². The van der Waals surface area contributed by atoms with Crippen molar-refractivity contribution >= 4 is 17.4 Å². The van der Waals surface area contributed by atoms with Crippen molar-refractivity contribution in [3.8, 4) is 0 Å². The van der Waals surface area contributed by atoms with E-state index in [9.17, 15) is 0 Å². The summed E-state index contributed by atoms with van der Waals surface area (Å²) in [4.78, 5) is 11.0. The number of ether oxygens (including phenoxy) is 1. The number of hydrogen-bond donors (Lipinski definition) is 0. The molecule has 0 radical (unpaired) electrons. The van der Waals surface area contributed by atoms with Gasteiger partial charge in [0, 0.05) is 26.1 Å². The van der Waals surface area contributed by atoms with E-state index in [1.54, 1.807) is 0 Å². The lowest BCUT2D eigenvalue weighted by atomic mass is 10.1. The predicted octanol–water partition coefficient (Wildman–Crippen LogP) is 2.70. The largest absolute Gasteiger partial charge is 0.376 e. The molecule has 0 N–H and O–H groups in total. The highest BCUT2D eigenvalue weighted by Crippen LogP contribution is 2.24. The van der Waals surface area contributed by atoms with E-state index in [4.69, 9.17) is 16.3 Å². The zero-order chi connectivity index (χ0) is 13.1. The molecule has 1 aromatic rings. The zero-order valence-corrected chi connectivity index (χ0v) is 11.9. The molecule has 5 heteroatoms. The molecule has 0 bridgehead atoms. The van der Waals surface area contributed by atoms with Gasteiger partial charge in [0.2, 0.25) is 0 Å². The summed E-state index contributed by atoms with van der Waals surface area (Å²) in [6.45, 7) is 5.03. The topological polar surface area (TPSA) is 38.2 Å². The summed E-state index contributed by atoms with van der Waals surface area (Å²) in [5, 5.41) is 0.516. The van der Waals surface area contributed by atoms with Crippen LogP contribution in [0.15, 0.2) is 6.07 Å². The number of nitrogens with zero attached hydrogens (tertiary/aromatic N) is 3. The Morgan fingerprint density at radius 2 is 2.28 bits per heavy atom. The SMILES string of the molecule is CCCc1nc(Cl)cc(N(C)C2CCOC2C)n1. The minimum atomic E-state index is 0.235. The van der Waals surface area contributed by atoms with Gasteiger partial charge in [-0.3, -0.25) is 0 Å². The van der Waals surface area contributed by atoms with Crippen LogP contribution in [0.25, 0.3) is 0 Å². The van der Waals surface area contributed by atoms with Gasteiger partial charge in [-0.2, -0.15) is 0 Å². The maximum atomic E-state index is 6.06. The van der Waals surface area contributed by atoms with Gasteiger partial charge in [-0.1, -0.05) is 18.5 Å². The summed E-state index contributed by atoms with van der Waals surface area (Å²) >= 11 is 6.06. The van der Waals surface area contributed by atoms with Gasteiger partial charge in [0.05, 0.1) is 12.1 Å². The lowest BCUT2D eigenvalue weighted by Crippen LogP contribution is -2.37. The third kappa shape index (κ3) is 2.93. The first-order valence-corrected chi connectivity index (χ1v) is 6.87. The number of rotatable bonds is 4. The highest BCUT2D eigenvalue weighted by Gasteiger charge is 2.28. The molecule has 0 spiro atoms. The molecule has 18 heavy (non-hydrogen) atoms.